The molecule has 0 atom stereocenters. The zero-order chi connectivity index (χ0) is 15.9. The molecule has 0 fully saturated rings. The lowest BCUT2D eigenvalue weighted by molar-refractivity contribution is -0.174. The molecule has 0 heterocycles. The maximum Gasteiger partial charge on any atom is 0.411 e. The van der Waals surface area contributed by atoms with E-state index in [9.17, 15) is 13.2 Å². The predicted molar refractivity (Wildman–Crippen MR) is 75.2 cm³/mol. The number of benzene rings is 1. The van der Waals surface area contributed by atoms with Crippen LogP contribution >= 0.6 is 0 Å². The lowest BCUT2D eigenvalue weighted by Gasteiger charge is -2.22. The van der Waals surface area contributed by atoms with Crippen molar-refractivity contribution in [2.24, 2.45) is 0 Å². The number of nitrogens with zero attached hydrogens (tertiary/aromatic N) is 1. The Labute approximate surface area is 123 Å². The molecule has 0 aliphatic carbocycles. The van der Waals surface area contributed by atoms with Crippen molar-refractivity contribution < 1.29 is 23.0 Å². The van der Waals surface area contributed by atoms with Gasteiger partial charge in [-0.15, -0.1) is 0 Å². The molecule has 120 valence electrons. The molecule has 0 unspecified atom stereocenters. The van der Waals surface area contributed by atoms with Gasteiger partial charge in [0.1, 0.15) is 6.61 Å². The van der Waals surface area contributed by atoms with E-state index in [2.05, 4.69) is 10.8 Å². The van der Waals surface area contributed by atoms with E-state index in [0.29, 0.717) is 19.6 Å². The third-order valence-electron chi connectivity index (χ3n) is 2.92. The minimum absolute atomic E-state index is 0.00962. The van der Waals surface area contributed by atoms with Gasteiger partial charge in [-0.3, -0.25) is 4.90 Å². The number of aliphatic hydroxyl groups excluding tert-OH is 1. The highest BCUT2D eigenvalue weighted by Crippen LogP contribution is 2.14. The van der Waals surface area contributed by atoms with Crippen LogP contribution in [-0.2, 0) is 11.3 Å². The van der Waals surface area contributed by atoms with Crippen LogP contribution in [0.1, 0.15) is 16.7 Å². The number of ether oxygens (including phenoxy) is 1. The molecule has 21 heavy (non-hydrogen) atoms. The smallest absolute Gasteiger partial charge is 0.395 e. The molecule has 0 saturated heterocycles. The van der Waals surface area contributed by atoms with Crippen LogP contribution in [0.4, 0.5) is 13.2 Å². The van der Waals surface area contributed by atoms with Gasteiger partial charge in [0.15, 0.2) is 0 Å². The molecule has 0 radical (unpaired) electrons. The van der Waals surface area contributed by atoms with Gasteiger partial charge in [0.25, 0.3) is 0 Å². The maximum absolute atomic E-state index is 12.0. The molecule has 0 aliphatic heterocycles. The molecule has 1 aromatic carbocycles. The van der Waals surface area contributed by atoms with Crippen LogP contribution in [-0.4, -0.2) is 49.1 Å². The Hall–Kier alpha value is -1.11. The molecular weight excluding hydrogens is 283 g/mol. The first-order valence-electron chi connectivity index (χ1n) is 6.85. The number of alkyl halides is 3. The molecule has 0 bridgehead atoms. The fourth-order valence-corrected chi connectivity index (χ4v) is 2.21. The van der Waals surface area contributed by atoms with Crippen molar-refractivity contribution in [2.45, 2.75) is 26.6 Å². The van der Waals surface area contributed by atoms with E-state index in [1.54, 1.807) is 0 Å². The van der Waals surface area contributed by atoms with Crippen LogP contribution in [0.2, 0.25) is 0 Å². The van der Waals surface area contributed by atoms with E-state index in [4.69, 9.17) is 5.11 Å². The van der Waals surface area contributed by atoms with Crippen molar-refractivity contribution >= 4 is 0 Å². The van der Waals surface area contributed by atoms with Gasteiger partial charge in [0, 0.05) is 19.6 Å². The Morgan fingerprint density at radius 1 is 1.10 bits per heavy atom. The zero-order valence-corrected chi connectivity index (χ0v) is 12.4. The van der Waals surface area contributed by atoms with Crippen LogP contribution in [0.25, 0.3) is 0 Å². The fraction of sp³-hybridized carbons (Fsp3) is 0.600. The Morgan fingerprint density at radius 2 is 1.71 bits per heavy atom. The normalized spacial score (nSPS) is 12.1. The van der Waals surface area contributed by atoms with Crippen LogP contribution in [0.5, 0.6) is 0 Å². The maximum atomic E-state index is 12.0. The molecule has 0 aliphatic rings. The Bertz CT molecular complexity index is 415. The lowest BCUT2D eigenvalue weighted by Crippen LogP contribution is -2.31. The average molecular weight is 305 g/mol. The van der Waals surface area contributed by atoms with E-state index in [0.717, 1.165) is 16.7 Å². The summed E-state index contributed by atoms with van der Waals surface area (Å²) in [4.78, 5) is 1.88. The summed E-state index contributed by atoms with van der Waals surface area (Å²) in [5, 5.41) is 9.05. The van der Waals surface area contributed by atoms with Crippen molar-refractivity contribution in [1.82, 2.24) is 4.90 Å². The average Bonchev–Trinajstić information content (AvgIpc) is 2.32. The third kappa shape index (κ3) is 8.04. The fourth-order valence-electron chi connectivity index (χ4n) is 2.21. The van der Waals surface area contributed by atoms with Crippen LogP contribution in [0, 0.1) is 13.8 Å². The van der Waals surface area contributed by atoms with E-state index >= 15 is 0 Å². The highest BCUT2D eigenvalue weighted by Gasteiger charge is 2.27. The molecular formula is C15H22F3NO2. The van der Waals surface area contributed by atoms with Gasteiger partial charge in [-0.1, -0.05) is 29.3 Å². The Morgan fingerprint density at radius 3 is 2.24 bits per heavy atom. The molecule has 1 aromatic rings. The number of hydrogen-bond acceptors (Lipinski definition) is 3. The number of aliphatic hydroxyl groups is 1. The van der Waals surface area contributed by atoms with Crippen molar-refractivity contribution in [1.29, 1.82) is 0 Å². The first-order valence-corrected chi connectivity index (χ1v) is 6.85. The van der Waals surface area contributed by atoms with Gasteiger partial charge in [-0.2, -0.15) is 13.2 Å². The summed E-state index contributed by atoms with van der Waals surface area (Å²) in [6.45, 7) is 4.06. The van der Waals surface area contributed by atoms with Gasteiger partial charge in [0.05, 0.1) is 13.2 Å². The standard InChI is InChI=1S/C15H22F3NO2/c1-12-7-13(2)9-14(8-12)10-19(3-5-20)4-6-21-11-15(16,17)18/h7-9,20H,3-6,10-11H2,1-2H3. The van der Waals surface area contributed by atoms with Gasteiger partial charge >= 0.3 is 6.18 Å². The largest absolute Gasteiger partial charge is 0.411 e. The van der Waals surface area contributed by atoms with Crippen molar-refractivity contribution in [3.8, 4) is 0 Å². The molecule has 3 nitrogen and oxygen atoms in total. The van der Waals surface area contributed by atoms with Gasteiger partial charge in [-0.05, 0) is 19.4 Å². The van der Waals surface area contributed by atoms with E-state index in [1.807, 2.05) is 30.9 Å². The minimum Gasteiger partial charge on any atom is -0.395 e. The van der Waals surface area contributed by atoms with Crippen LogP contribution in [0.15, 0.2) is 18.2 Å². The van der Waals surface area contributed by atoms with Crippen LogP contribution < -0.4 is 0 Å². The van der Waals surface area contributed by atoms with E-state index in [-0.39, 0.29) is 13.2 Å². The number of halogens is 3. The molecule has 6 heteroatoms. The van der Waals surface area contributed by atoms with Crippen molar-refractivity contribution in [3.63, 3.8) is 0 Å². The van der Waals surface area contributed by atoms with Crippen molar-refractivity contribution in [2.75, 3.05) is 32.9 Å². The zero-order valence-electron chi connectivity index (χ0n) is 12.4. The summed E-state index contributed by atoms with van der Waals surface area (Å²) in [6, 6.07) is 6.13. The van der Waals surface area contributed by atoms with Gasteiger partial charge in [0.2, 0.25) is 0 Å². The predicted octanol–water partition coefficient (Wildman–Crippen LogP) is 2.68. The van der Waals surface area contributed by atoms with Gasteiger partial charge in [-0.25, -0.2) is 0 Å². The van der Waals surface area contributed by atoms with E-state index in [1.165, 1.54) is 0 Å². The first kappa shape index (κ1) is 17.9. The minimum atomic E-state index is -4.30. The number of hydrogen-bond donors (Lipinski definition) is 1. The van der Waals surface area contributed by atoms with Crippen molar-refractivity contribution in [3.05, 3.63) is 34.9 Å². The molecule has 0 aromatic heterocycles. The third-order valence-corrected chi connectivity index (χ3v) is 2.92. The molecule has 0 spiro atoms. The summed E-state index contributed by atoms with van der Waals surface area (Å²) >= 11 is 0. The second kappa shape index (κ2) is 8.36. The summed E-state index contributed by atoms with van der Waals surface area (Å²) < 4.78 is 40.6. The Balaban J connectivity index is 2.49. The summed E-state index contributed by atoms with van der Waals surface area (Å²) in [5.41, 5.74) is 3.36. The molecule has 1 N–H and O–H groups in total. The Kier molecular flexibility index (Phi) is 7.14. The second-order valence-electron chi connectivity index (χ2n) is 5.16. The molecule has 0 amide bonds. The summed E-state index contributed by atoms with van der Waals surface area (Å²) in [6.07, 6.45) is -4.30. The highest BCUT2D eigenvalue weighted by molar-refractivity contribution is 5.28. The van der Waals surface area contributed by atoms with E-state index < -0.39 is 12.8 Å². The highest BCUT2D eigenvalue weighted by atomic mass is 19.4. The monoisotopic (exact) mass is 305 g/mol. The number of rotatable bonds is 8. The number of aryl methyl sites for hydroxylation is 2. The quantitative estimate of drug-likeness (QED) is 0.750. The molecule has 1 rings (SSSR count). The summed E-state index contributed by atoms with van der Waals surface area (Å²) in [7, 11) is 0. The molecule has 0 saturated carbocycles. The first-order chi connectivity index (χ1) is 9.80. The second-order valence-corrected chi connectivity index (χ2v) is 5.16. The van der Waals surface area contributed by atoms with Crippen LogP contribution in [0.3, 0.4) is 0 Å². The van der Waals surface area contributed by atoms with Gasteiger partial charge < -0.3 is 9.84 Å². The SMILES string of the molecule is Cc1cc(C)cc(CN(CCO)CCOCC(F)(F)F)c1. The topological polar surface area (TPSA) is 32.7 Å². The lowest BCUT2D eigenvalue weighted by atomic mass is 10.1. The summed E-state index contributed by atoms with van der Waals surface area (Å²) in [5.74, 6) is 0.